The second kappa shape index (κ2) is 4.20. The van der Waals surface area contributed by atoms with E-state index in [4.69, 9.17) is 5.11 Å². The van der Waals surface area contributed by atoms with Crippen LogP contribution in [-0.4, -0.2) is 21.0 Å². The number of imidazole rings is 1. The molecular weight excluding hydrogens is 247 g/mol. The lowest BCUT2D eigenvalue weighted by atomic mass is 10.2. The van der Waals surface area contributed by atoms with Gasteiger partial charge in [0.15, 0.2) is 0 Å². The number of hydrogen-bond acceptors (Lipinski definition) is 2. The zero-order chi connectivity index (χ0) is 13.4. The smallest absolute Gasteiger partial charge is 0.337 e. The van der Waals surface area contributed by atoms with Gasteiger partial charge in [-0.3, -0.25) is 0 Å². The molecule has 0 amide bonds. The van der Waals surface area contributed by atoms with Crippen molar-refractivity contribution in [2.75, 3.05) is 0 Å². The number of aromatic amines is 1. The number of nitrogens with zero attached hydrogens (tertiary/aromatic N) is 1. The Morgan fingerprint density at radius 1 is 1.16 bits per heavy atom. The zero-order valence-electron chi connectivity index (χ0n) is 9.72. The molecule has 2 aromatic carbocycles. The largest absolute Gasteiger partial charge is 0.478 e. The van der Waals surface area contributed by atoms with Gasteiger partial charge in [0.2, 0.25) is 0 Å². The van der Waals surface area contributed by atoms with E-state index in [1.807, 2.05) is 0 Å². The lowest BCUT2D eigenvalue weighted by molar-refractivity contribution is 0.0699. The summed E-state index contributed by atoms with van der Waals surface area (Å²) in [6, 6.07) is 10.7. The topological polar surface area (TPSA) is 66.0 Å². The van der Waals surface area contributed by atoms with Gasteiger partial charge in [-0.05, 0) is 36.4 Å². The molecule has 0 bridgehead atoms. The van der Waals surface area contributed by atoms with Crippen molar-refractivity contribution in [3.63, 3.8) is 0 Å². The first-order valence-electron chi connectivity index (χ1n) is 5.63. The van der Waals surface area contributed by atoms with Gasteiger partial charge in [0.25, 0.3) is 0 Å². The molecule has 3 rings (SSSR count). The van der Waals surface area contributed by atoms with E-state index in [9.17, 15) is 9.18 Å². The van der Waals surface area contributed by atoms with E-state index >= 15 is 0 Å². The molecule has 94 valence electrons. The summed E-state index contributed by atoms with van der Waals surface area (Å²) in [5.74, 6) is -0.824. The SMILES string of the molecule is O=C(O)c1cccc2nc(-c3ccc(F)cc3)[nH]c12. The molecule has 5 heteroatoms. The summed E-state index contributed by atoms with van der Waals surface area (Å²) in [6.07, 6.45) is 0. The Bertz CT molecular complexity index is 763. The van der Waals surface area contributed by atoms with Gasteiger partial charge in [0.1, 0.15) is 11.6 Å². The number of aromatic carboxylic acids is 1. The van der Waals surface area contributed by atoms with Crippen molar-refractivity contribution in [2.45, 2.75) is 0 Å². The summed E-state index contributed by atoms with van der Waals surface area (Å²) in [4.78, 5) is 18.4. The molecule has 0 unspecified atom stereocenters. The Kier molecular flexibility index (Phi) is 2.52. The van der Waals surface area contributed by atoms with Crippen LogP contribution in [0, 0.1) is 5.82 Å². The van der Waals surface area contributed by atoms with E-state index in [0.29, 0.717) is 22.4 Å². The van der Waals surface area contributed by atoms with E-state index in [1.165, 1.54) is 18.2 Å². The molecule has 4 nitrogen and oxygen atoms in total. The molecule has 0 aliphatic heterocycles. The molecule has 0 atom stereocenters. The van der Waals surface area contributed by atoms with Crippen molar-refractivity contribution in [3.8, 4) is 11.4 Å². The van der Waals surface area contributed by atoms with Crippen LogP contribution >= 0.6 is 0 Å². The highest BCUT2D eigenvalue weighted by molar-refractivity contribution is 6.01. The standard InChI is InChI=1S/C14H9FN2O2/c15-9-6-4-8(5-7-9)13-16-11-3-1-2-10(14(18)19)12(11)17-13/h1-7H,(H,16,17)(H,18,19). The molecule has 0 saturated heterocycles. The number of rotatable bonds is 2. The molecule has 0 saturated carbocycles. The Morgan fingerprint density at radius 2 is 1.89 bits per heavy atom. The minimum atomic E-state index is -1.01. The molecule has 19 heavy (non-hydrogen) atoms. The first-order chi connectivity index (χ1) is 9.15. The van der Waals surface area contributed by atoms with Gasteiger partial charge < -0.3 is 10.1 Å². The third kappa shape index (κ3) is 1.95. The predicted molar refractivity (Wildman–Crippen MR) is 68.4 cm³/mol. The second-order valence-electron chi connectivity index (χ2n) is 4.10. The van der Waals surface area contributed by atoms with E-state index in [0.717, 1.165) is 0 Å². The summed E-state index contributed by atoms with van der Waals surface area (Å²) < 4.78 is 12.9. The summed E-state index contributed by atoms with van der Waals surface area (Å²) in [7, 11) is 0. The molecule has 0 radical (unpaired) electrons. The highest BCUT2D eigenvalue weighted by atomic mass is 19.1. The average molecular weight is 256 g/mol. The number of carboxylic acids is 1. The maximum atomic E-state index is 12.9. The number of fused-ring (bicyclic) bond motifs is 1. The Balaban J connectivity index is 2.19. The fourth-order valence-electron chi connectivity index (χ4n) is 1.95. The monoisotopic (exact) mass is 256 g/mol. The van der Waals surface area contributed by atoms with Crippen LogP contribution in [-0.2, 0) is 0 Å². The summed E-state index contributed by atoms with van der Waals surface area (Å²) in [5.41, 5.74) is 1.90. The molecule has 0 aliphatic carbocycles. The fraction of sp³-hybridized carbons (Fsp3) is 0. The van der Waals surface area contributed by atoms with Crippen molar-refractivity contribution in [1.82, 2.24) is 9.97 Å². The van der Waals surface area contributed by atoms with Crippen LogP contribution in [0.25, 0.3) is 22.4 Å². The number of carbonyl (C=O) groups is 1. The molecule has 0 spiro atoms. The van der Waals surface area contributed by atoms with Gasteiger partial charge in [0.05, 0.1) is 16.6 Å². The normalized spacial score (nSPS) is 10.8. The van der Waals surface area contributed by atoms with Gasteiger partial charge >= 0.3 is 5.97 Å². The highest BCUT2D eigenvalue weighted by Gasteiger charge is 2.12. The molecule has 0 aliphatic rings. The number of benzene rings is 2. The van der Waals surface area contributed by atoms with Crippen LogP contribution in [0.15, 0.2) is 42.5 Å². The number of halogens is 1. The van der Waals surface area contributed by atoms with E-state index in [2.05, 4.69) is 9.97 Å². The quantitative estimate of drug-likeness (QED) is 0.740. The predicted octanol–water partition coefficient (Wildman–Crippen LogP) is 3.07. The maximum Gasteiger partial charge on any atom is 0.337 e. The number of nitrogens with one attached hydrogen (secondary N) is 1. The van der Waals surface area contributed by atoms with Crippen LogP contribution in [0.5, 0.6) is 0 Å². The van der Waals surface area contributed by atoms with Crippen LogP contribution < -0.4 is 0 Å². The minimum Gasteiger partial charge on any atom is -0.478 e. The number of aromatic nitrogens is 2. The molecular formula is C14H9FN2O2. The van der Waals surface area contributed by atoms with Gasteiger partial charge in [-0.15, -0.1) is 0 Å². The lowest BCUT2D eigenvalue weighted by Crippen LogP contribution is -1.96. The highest BCUT2D eigenvalue weighted by Crippen LogP contribution is 2.23. The van der Waals surface area contributed by atoms with Gasteiger partial charge in [-0.1, -0.05) is 6.07 Å². The van der Waals surface area contributed by atoms with E-state index < -0.39 is 5.97 Å². The summed E-state index contributed by atoms with van der Waals surface area (Å²) >= 11 is 0. The maximum absolute atomic E-state index is 12.9. The van der Waals surface area contributed by atoms with Crippen LogP contribution in [0.2, 0.25) is 0 Å². The van der Waals surface area contributed by atoms with Gasteiger partial charge in [-0.2, -0.15) is 0 Å². The van der Waals surface area contributed by atoms with Crippen LogP contribution in [0.1, 0.15) is 10.4 Å². The summed E-state index contributed by atoms with van der Waals surface area (Å²) in [6.45, 7) is 0. The number of hydrogen-bond donors (Lipinski definition) is 2. The van der Waals surface area contributed by atoms with Crippen molar-refractivity contribution in [3.05, 3.63) is 53.8 Å². The van der Waals surface area contributed by atoms with E-state index in [-0.39, 0.29) is 11.4 Å². The minimum absolute atomic E-state index is 0.165. The Morgan fingerprint density at radius 3 is 2.58 bits per heavy atom. The van der Waals surface area contributed by atoms with Crippen LogP contribution in [0.3, 0.4) is 0 Å². The average Bonchev–Trinajstić information content (AvgIpc) is 2.82. The van der Waals surface area contributed by atoms with Gasteiger partial charge in [-0.25, -0.2) is 14.2 Å². The number of H-pyrrole nitrogens is 1. The lowest BCUT2D eigenvalue weighted by Gasteiger charge is -1.96. The van der Waals surface area contributed by atoms with Crippen molar-refractivity contribution in [2.24, 2.45) is 0 Å². The van der Waals surface area contributed by atoms with Crippen molar-refractivity contribution < 1.29 is 14.3 Å². The zero-order valence-corrected chi connectivity index (χ0v) is 9.72. The third-order valence-electron chi connectivity index (χ3n) is 2.87. The number of carboxylic acid groups (broad SMARTS) is 1. The van der Waals surface area contributed by atoms with Crippen molar-refractivity contribution in [1.29, 1.82) is 0 Å². The molecule has 1 heterocycles. The first kappa shape index (κ1) is 11.4. The van der Waals surface area contributed by atoms with Crippen LogP contribution in [0.4, 0.5) is 4.39 Å². The summed E-state index contributed by atoms with van der Waals surface area (Å²) in [5, 5.41) is 9.10. The third-order valence-corrected chi connectivity index (χ3v) is 2.87. The second-order valence-corrected chi connectivity index (χ2v) is 4.10. The first-order valence-corrected chi connectivity index (χ1v) is 5.63. The molecule has 1 aromatic heterocycles. The molecule has 3 aromatic rings. The molecule has 0 fully saturated rings. The number of para-hydroxylation sites is 1. The fourth-order valence-corrected chi connectivity index (χ4v) is 1.95. The van der Waals surface area contributed by atoms with Gasteiger partial charge in [0, 0.05) is 5.56 Å². The Labute approximate surface area is 107 Å². The van der Waals surface area contributed by atoms with Crippen molar-refractivity contribution >= 4 is 17.0 Å². The van der Waals surface area contributed by atoms with E-state index in [1.54, 1.807) is 24.3 Å². The molecule has 2 N–H and O–H groups in total. The Hall–Kier alpha value is -2.69.